The van der Waals surface area contributed by atoms with Crippen molar-refractivity contribution < 1.29 is 18.3 Å². The molecular weight excluding hydrogens is 321 g/mol. The molecule has 0 saturated carbocycles. The van der Waals surface area contributed by atoms with Crippen molar-refractivity contribution >= 4 is 0 Å². The Morgan fingerprint density at radius 3 is 2.25 bits per heavy atom. The van der Waals surface area contributed by atoms with Gasteiger partial charge in [-0.2, -0.15) is 13.2 Å². The Morgan fingerprint density at radius 2 is 1.71 bits per heavy atom. The van der Waals surface area contributed by atoms with Gasteiger partial charge < -0.3 is 9.67 Å². The van der Waals surface area contributed by atoms with Crippen LogP contribution in [0.25, 0.3) is 0 Å². The summed E-state index contributed by atoms with van der Waals surface area (Å²) in [6.07, 6.45) is -1.85. The van der Waals surface area contributed by atoms with Crippen LogP contribution in [0.3, 0.4) is 0 Å². The van der Waals surface area contributed by atoms with Gasteiger partial charge in [-0.15, -0.1) is 0 Å². The van der Waals surface area contributed by atoms with E-state index in [0.29, 0.717) is 18.9 Å². The molecule has 2 heterocycles. The zero-order valence-corrected chi connectivity index (χ0v) is 14.6. The lowest BCUT2D eigenvalue weighted by Crippen LogP contribution is -2.50. The predicted molar refractivity (Wildman–Crippen MR) is 85.5 cm³/mol. The molecule has 1 N–H and O–H groups in total. The molecule has 2 rings (SSSR count). The first-order valence-corrected chi connectivity index (χ1v) is 8.24. The van der Waals surface area contributed by atoms with Crippen molar-refractivity contribution in [3.05, 3.63) is 18.2 Å². The second-order valence-electron chi connectivity index (χ2n) is 7.55. The molecule has 1 aliphatic rings. The van der Waals surface area contributed by atoms with Gasteiger partial charge in [0.05, 0.1) is 12.6 Å². The molecule has 138 valence electrons. The van der Waals surface area contributed by atoms with E-state index < -0.39 is 18.8 Å². The number of β-amino-alcohol motifs (C(OH)–C–C–N with tert-alkyl or cyclic N) is 1. The van der Waals surface area contributed by atoms with Crippen LogP contribution >= 0.6 is 0 Å². The third-order valence-corrected chi connectivity index (χ3v) is 4.41. The highest BCUT2D eigenvalue weighted by molar-refractivity contribution is 4.94. The third kappa shape index (κ3) is 5.75. The Hall–Kier alpha value is -1.12. The third-order valence-electron chi connectivity index (χ3n) is 4.41. The fraction of sp³-hybridized carbons (Fsp3) is 0.812. The number of piperazine rings is 1. The first-order valence-electron chi connectivity index (χ1n) is 8.24. The normalized spacial score (nSPS) is 19.6. The molecule has 1 aliphatic heterocycles. The zero-order chi connectivity index (χ0) is 18.0. The number of aliphatic hydroxyl groups excluding tert-OH is 1. The summed E-state index contributed by atoms with van der Waals surface area (Å²) >= 11 is 0. The Balaban J connectivity index is 1.83. The maximum Gasteiger partial charge on any atom is 0.406 e. The van der Waals surface area contributed by atoms with E-state index in [0.717, 1.165) is 30.7 Å². The van der Waals surface area contributed by atoms with Crippen LogP contribution in [0.4, 0.5) is 13.2 Å². The van der Waals surface area contributed by atoms with Gasteiger partial charge in [0.25, 0.3) is 0 Å². The number of nitrogens with zero attached hydrogens (tertiary/aromatic N) is 4. The molecule has 0 radical (unpaired) electrons. The molecule has 1 saturated heterocycles. The van der Waals surface area contributed by atoms with Crippen LogP contribution in [0, 0.1) is 5.41 Å². The summed E-state index contributed by atoms with van der Waals surface area (Å²) in [6, 6.07) is 0. The smallest absolute Gasteiger partial charge is 0.391 e. The summed E-state index contributed by atoms with van der Waals surface area (Å²) in [4.78, 5) is 8.37. The van der Waals surface area contributed by atoms with Gasteiger partial charge >= 0.3 is 6.18 Å². The first-order chi connectivity index (χ1) is 11.0. The van der Waals surface area contributed by atoms with E-state index in [2.05, 4.69) is 14.8 Å². The van der Waals surface area contributed by atoms with E-state index >= 15 is 0 Å². The highest BCUT2D eigenvalue weighted by Crippen LogP contribution is 2.21. The molecule has 1 atom stereocenters. The van der Waals surface area contributed by atoms with Crippen LogP contribution in [-0.4, -0.2) is 69.5 Å². The molecule has 0 amide bonds. The largest absolute Gasteiger partial charge is 0.406 e. The van der Waals surface area contributed by atoms with Crippen molar-refractivity contribution in [1.29, 1.82) is 0 Å². The summed E-state index contributed by atoms with van der Waals surface area (Å²) in [5.74, 6) is 0.440. The number of rotatable bonds is 5. The van der Waals surface area contributed by atoms with E-state index in [-0.39, 0.29) is 5.41 Å². The van der Waals surface area contributed by atoms with Crippen LogP contribution in [0.5, 0.6) is 0 Å². The summed E-state index contributed by atoms with van der Waals surface area (Å²) in [5.41, 5.74) is -0.153. The average molecular weight is 348 g/mol. The fourth-order valence-electron chi connectivity index (χ4n) is 2.68. The number of aliphatic hydroxyl groups is 1. The van der Waals surface area contributed by atoms with Gasteiger partial charge in [-0.25, -0.2) is 4.98 Å². The summed E-state index contributed by atoms with van der Waals surface area (Å²) in [5, 5.41) is 10.2. The number of halogens is 3. The second kappa shape index (κ2) is 7.41. The summed E-state index contributed by atoms with van der Waals surface area (Å²) in [7, 11) is 0. The van der Waals surface area contributed by atoms with E-state index in [9.17, 15) is 18.3 Å². The minimum Gasteiger partial charge on any atom is -0.391 e. The molecule has 1 fully saturated rings. The van der Waals surface area contributed by atoms with E-state index in [1.165, 1.54) is 12.4 Å². The highest BCUT2D eigenvalue weighted by Gasteiger charge is 2.30. The highest BCUT2D eigenvalue weighted by atomic mass is 19.4. The molecule has 0 bridgehead atoms. The van der Waals surface area contributed by atoms with Crippen LogP contribution in [0.1, 0.15) is 26.6 Å². The lowest BCUT2D eigenvalue weighted by Gasteiger charge is -2.37. The first kappa shape index (κ1) is 19.2. The Bertz CT molecular complexity index is 516. The second-order valence-corrected chi connectivity index (χ2v) is 7.55. The van der Waals surface area contributed by atoms with Gasteiger partial charge in [-0.3, -0.25) is 9.80 Å². The number of hydrogen-bond donors (Lipinski definition) is 1. The number of aromatic nitrogens is 2. The Kier molecular flexibility index (Phi) is 5.93. The molecule has 1 aromatic heterocycles. The minimum absolute atomic E-state index is 0.153. The predicted octanol–water partition coefficient (Wildman–Crippen LogP) is 1.97. The monoisotopic (exact) mass is 348 g/mol. The van der Waals surface area contributed by atoms with E-state index in [1.807, 2.05) is 20.8 Å². The fourth-order valence-corrected chi connectivity index (χ4v) is 2.68. The molecule has 1 aromatic rings. The van der Waals surface area contributed by atoms with Gasteiger partial charge in [0, 0.05) is 45.1 Å². The summed E-state index contributed by atoms with van der Waals surface area (Å²) in [6.45, 7) is 9.18. The van der Waals surface area contributed by atoms with Crippen molar-refractivity contribution in [3.8, 4) is 0 Å². The van der Waals surface area contributed by atoms with Crippen LogP contribution in [0.2, 0.25) is 0 Å². The van der Waals surface area contributed by atoms with Crippen molar-refractivity contribution in [2.45, 2.75) is 46.1 Å². The number of imidazole rings is 1. The standard InChI is InChI=1S/C16H27F3N4O/c1-15(2,3)13(24)10-21-6-8-22(9-7-21)11-14-20-4-5-23(14)12-16(17,18)19/h4-5,13,24H,6-12H2,1-3H3. The lowest BCUT2D eigenvalue weighted by atomic mass is 9.89. The van der Waals surface area contributed by atoms with E-state index in [1.54, 1.807) is 0 Å². The number of hydrogen-bond acceptors (Lipinski definition) is 4. The van der Waals surface area contributed by atoms with Crippen LogP contribution < -0.4 is 0 Å². The van der Waals surface area contributed by atoms with Crippen molar-refractivity contribution in [1.82, 2.24) is 19.4 Å². The molecule has 0 aliphatic carbocycles. The maximum atomic E-state index is 12.6. The SMILES string of the molecule is CC(C)(C)C(O)CN1CCN(Cc2nccn2CC(F)(F)F)CC1. The van der Waals surface area contributed by atoms with Crippen molar-refractivity contribution in [3.63, 3.8) is 0 Å². The molecule has 24 heavy (non-hydrogen) atoms. The van der Waals surface area contributed by atoms with Crippen LogP contribution in [-0.2, 0) is 13.1 Å². The van der Waals surface area contributed by atoms with E-state index in [4.69, 9.17) is 0 Å². The van der Waals surface area contributed by atoms with Gasteiger partial charge in [-0.1, -0.05) is 20.8 Å². The van der Waals surface area contributed by atoms with Crippen LogP contribution in [0.15, 0.2) is 12.4 Å². The number of alkyl halides is 3. The average Bonchev–Trinajstić information content (AvgIpc) is 2.85. The summed E-state index contributed by atoms with van der Waals surface area (Å²) < 4.78 is 38.8. The molecular formula is C16H27F3N4O. The molecule has 0 aromatic carbocycles. The van der Waals surface area contributed by atoms with Gasteiger partial charge in [-0.05, 0) is 5.41 Å². The van der Waals surface area contributed by atoms with Gasteiger partial charge in [0.15, 0.2) is 0 Å². The quantitative estimate of drug-likeness (QED) is 0.884. The molecule has 0 spiro atoms. The molecule has 8 heteroatoms. The topological polar surface area (TPSA) is 44.5 Å². The van der Waals surface area contributed by atoms with Gasteiger partial charge in [0.1, 0.15) is 12.4 Å². The minimum atomic E-state index is -4.24. The Labute approximate surface area is 141 Å². The van der Waals surface area contributed by atoms with Crippen molar-refractivity contribution in [2.24, 2.45) is 5.41 Å². The lowest BCUT2D eigenvalue weighted by molar-refractivity contribution is -0.141. The van der Waals surface area contributed by atoms with Gasteiger partial charge in [0.2, 0.25) is 0 Å². The molecule has 1 unspecified atom stereocenters. The zero-order valence-electron chi connectivity index (χ0n) is 14.6. The van der Waals surface area contributed by atoms with Crippen molar-refractivity contribution in [2.75, 3.05) is 32.7 Å². The maximum absolute atomic E-state index is 12.6. The Morgan fingerprint density at radius 1 is 1.12 bits per heavy atom. The molecule has 5 nitrogen and oxygen atoms in total.